The number of fused-ring (bicyclic) bond motifs is 1. The van der Waals surface area contributed by atoms with Crippen LogP contribution in [-0.4, -0.2) is 52.2 Å². The number of benzene rings is 1. The van der Waals surface area contributed by atoms with Crippen LogP contribution in [0.4, 0.5) is 4.79 Å². The van der Waals surface area contributed by atoms with Crippen LogP contribution in [0.25, 0.3) is 11.0 Å². The minimum absolute atomic E-state index is 0.252. The molecule has 1 N–H and O–H groups in total. The third kappa shape index (κ3) is 4.59. The fraction of sp³-hybridized carbons (Fsp3) is 0.550. The number of nitrogens with one attached hydrogen (secondary N) is 1. The molecule has 1 aliphatic heterocycles. The summed E-state index contributed by atoms with van der Waals surface area (Å²) in [5.41, 5.74) is 1.68. The van der Waals surface area contributed by atoms with Gasteiger partial charge in [0.25, 0.3) is 0 Å². The van der Waals surface area contributed by atoms with E-state index in [2.05, 4.69) is 9.97 Å². The van der Waals surface area contributed by atoms with E-state index >= 15 is 0 Å². The summed E-state index contributed by atoms with van der Waals surface area (Å²) in [4.78, 5) is 33.8. The number of amides is 1. The molecule has 1 saturated heterocycles. The maximum absolute atomic E-state index is 12.2. The topological polar surface area (TPSA) is 84.5 Å². The zero-order valence-electron chi connectivity index (χ0n) is 16.4. The molecule has 2 aromatic rings. The molecular formula is C20H27N3O4. The Hall–Kier alpha value is -2.57. The molecule has 27 heavy (non-hydrogen) atoms. The van der Waals surface area contributed by atoms with Crippen LogP contribution < -0.4 is 0 Å². The predicted molar refractivity (Wildman–Crippen MR) is 102 cm³/mol. The molecule has 7 heteroatoms. The first kappa shape index (κ1) is 19.2. The largest absolute Gasteiger partial charge is 0.462 e. The van der Waals surface area contributed by atoms with Gasteiger partial charge in [-0.05, 0) is 58.7 Å². The highest BCUT2D eigenvalue weighted by atomic mass is 16.6. The summed E-state index contributed by atoms with van der Waals surface area (Å²) < 4.78 is 10.5. The van der Waals surface area contributed by atoms with Crippen LogP contribution in [0.2, 0.25) is 0 Å². The van der Waals surface area contributed by atoms with Gasteiger partial charge < -0.3 is 19.4 Å². The minimum atomic E-state index is -0.483. The predicted octanol–water partition coefficient (Wildman–Crippen LogP) is 3.85. The molecule has 7 nitrogen and oxygen atoms in total. The number of aromatic amines is 1. The van der Waals surface area contributed by atoms with Crippen LogP contribution in [0.3, 0.4) is 0 Å². The molecule has 1 fully saturated rings. The number of rotatable bonds is 3. The average molecular weight is 373 g/mol. The van der Waals surface area contributed by atoms with Crippen LogP contribution in [0.5, 0.6) is 0 Å². The number of esters is 1. The Bertz CT molecular complexity index is 829. The van der Waals surface area contributed by atoms with Crippen molar-refractivity contribution in [2.45, 2.75) is 52.1 Å². The fourth-order valence-electron chi connectivity index (χ4n) is 3.23. The van der Waals surface area contributed by atoms with Gasteiger partial charge in [0.15, 0.2) is 0 Å². The lowest BCUT2D eigenvalue weighted by atomic mass is 9.96. The number of ether oxygens (including phenoxy) is 2. The zero-order valence-corrected chi connectivity index (χ0v) is 16.4. The molecule has 1 aromatic carbocycles. The van der Waals surface area contributed by atoms with Gasteiger partial charge in [0, 0.05) is 19.0 Å². The van der Waals surface area contributed by atoms with Crippen LogP contribution >= 0.6 is 0 Å². The molecule has 2 heterocycles. The molecule has 3 rings (SSSR count). The first-order chi connectivity index (χ1) is 12.8. The maximum atomic E-state index is 12.2. The molecule has 1 aliphatic rings. The van der Waals surface area contributed by atoms with Gasteiger partial charge in [0.2, 0.25) is 0 Å². The van der Waals surface area contributed by atoms with Gasteiger partial charge >= 0.3 is 12.1 Å². The van der Waals surface area contributed by atoms with Gasteiger partial charge in [-0.1, -0.05) is 0 Å². The molecule has 0 saturated carbocycles. The molecular weight excluding hydrogens is 346 g/mol. The van der Waals surface area contributed by atoms with Gasteiger partial charge in [-0.15, -0.1) is 0 Å². The summed E-state index contributed by atoms with van der Waals surface area (Å²) in [5.74, 6) is 0.818. The lowest BCUT2D eigenvalue weighted by Crippen LogP contribution is -2.41. The van der Waals surface area contributed by atoms with Crippen LogP contribution in [0.15, 0.2) is 18.2 Å². The molecule has 146 valence electrons. The summed E-state index contributed by atoms with van der Waals surface area (Å²) in [7, 11) is 0. The number of imidazole rings is 1. The second kappa shape index (κ2) is 7.58. The van der Waals surface area contributed by atoms with Crippen LogP contribution in [0, 0.1) is 0 Å². The summed E-state index contributed by atoms with van der Waals surface area (Å²) in [5, 5.41) is 0. The number of carbonyl (C=O) groups is 2. The van der Waals surface area contributed by atoms with Crippen molar-refractivity contribution in [3.63, 3.8) is 0 Å². The highest BCUT2D eigenvalue weighted by molar-refractivity contribution is 5.93. The van der Waals surface area contributed by atoms with E-state index in [1.807, 2.05) is 26.8 Å². The van der Waals surface area contributed by atoms with Gasteiger partial charge in [-0.3, -0.25) is 0 Å². The molecule has 0 bridgehead atoms. The second-order valence-electron chi connectivity index (χ2n) is 7.82. The Labute approximate surface area is 159 Å². The Balaban J connectivity index is 1.67. The lowest BCUT2D eigenvalue weighted by Gasteiger charge is -2.32. The highest BCUT2D eigenvalue weighted by Crippen LogP contribution is 2.28. The number of piperidine rings is 1. The van der Waals surface area contributed by atoms with Gasteiger partial charge in [0.05, 0.1) is 23.2 Å². The minimum Gasteiger partial charge on any atom is -0.462 e. The van der Waals surface area contributed by atoms with E-state index in [1.165, 1.54) is 0 Å². The first-order valence-corrected chi connectivity index (χ1v) is 9.41. The van der Waals surface area contributed by atoms with Crippen molar-refractivity contribution in [3.8, 4) is 0 Å². The fourth-order valence-corrected chi connectivity index (χ4v) is 3.23. The lowest BCUT2D eigenvalue weighted by molar-refractivity contribution is 0.0203. The smallest absolute Gasteiger partial charge is 0.410 e. The van der Waals surface area contributed by atoms with Crippen molar-refractivity contribution in [3.05, 3.63) is 29.6 Å². The van der Waals surface area contributed by atoms with Crippen molar-refractivity contribution >= 4 is 23.1 Å². The molecule has 0 radical (unpaired) electrons. The standard InChI is InChI=1S/C20H27N3O4/c1-5-26-18(24)14-6-7-15-16(12-14)22-17(21-15)13-8-10-23(11-9-13)19(25)27-20(2,3)4/h6-7,12-13H,5,8-11H2,1-4H3,(H,21,22). The van der Waals surface area contributed by atoms with Crippen LogP contribution in [0.1, 0.15) is 62.6 Å². The van der Waals surface area contributed by atoms with Crippen molar-refractivity contribution in [2.75, 3.05) is 19.7 Å². The number of likely N-dealkylation sites (tertiary alicyclic amines) is 1. The third-order valence-corrected chi connectivity index (χ3v) is 4.54. The summed E-state index contributed by atoms with van der Waals surface area (Å²) in [6.45, 7) is 9.04. The molecule has 0 aliphatic carbocycles. The molecule has 0 spiro atoms. The average Bonchev–Trinajstić information content (AvgIpc) is 3.04. The van der Waals surface area contributed by atoms with Gasteiger partial charge in [-0.25, -0.2) is 14.6 Å². The summed E-state index contributed by atoms with van der Waals surface area (Å²) >= 11 is 0. The van der Waals surface area contributed by atoms with Crippen LogP contribution in [-0.2, 0) is 9.47 Å². The van der Waals surface area contributed by atoms with E-state index in [9.17, 15) is 9.59 Å². The Morgan fingerprint density at radius 3 is 2.59 bits per heavy atom. The Morgan fingerprint density at radius 1 is 1.26 bits per heavy atom. The number of carbonyl (C=O) groups excluding carboxylic acids is 2. The number of nitrogens with zero attached hydrogens (tertiary/aromatic N) is 2. The van der Waals surface area contributed by atoms with E-state index < -0.39 is 5.60 Å². The number of hydrogen-bond donors (Lipinski definition) is 1. The maximum Gasteiger partial charge on any atom is 0.410 e. The van der Waals surface area contributed by atoms with E-state index in [0.29, 0.717) is 25.3 Å². The third-order valence-electron chi connectivity index (χ3n) is 4.54. The van der Waals surface area contributed by atoms with Crippen molar-refractivity contribution < 1.29 is 19.1 Å². The normalized spacial score (nSPS) is 15.8. The van der Waals surface area contributed by atoms with Gasteiger partial charge in [-0.2, -0.15) is 0 Å². The highest BCUT2D eigenvalue weighted by Gasteiger charge is 2.28. The molecule has 0 atom stereocenters. The quantitative estimate of drug-likeness (QED) is 0.826. The van der Waals surface area contributed by atoms with Crippen molar-refractivity contribution in [1.29, 1.82) is 0 Å². The van der Waals surface area contributed by atoms with E-state index in [0.717, 1.165) is 29.7 Å². The first-order valence-electron chi connectivity index (χ1n) is 9.41. The monoisotopic (exact) mass is 373 g/mol. The number of aromatic nitrogens is 2. The summed E-state index contributed by atoms with van der Waals surface area (Å²) in [6.07, 6.45) is 1.39. The van der Waals surface area contributed by atoms with Crippen molar-refractivity contribution in [1.82, 2.24) is 14.9 Å². The molecule has 0 unspecified atom stereocenters. The summed E-state index contributed by atoms with van der Waals surface area (Å²) in [6, 6.07) is 5.34. The zero-order chi connectivity index (χ0) is 19.6. The number of H-pyrrole nitrogens is 1. The molecule has 1 amide bonds. The Kier molecular flexibility index (Phi) is 5.39. The van der Waals surface area contributed by atoms with E-state index in [4.69, 9.17) is 9.47 Å². The second-order valence-corrected chi connectivity index (χ2v) is 7.82. The molecule has 1 aromatic heterocycles. The number of hydrogen-bond acceptors (Lipinski definition) is 5. The van der Waals surface area contributed by atoms with Gasteiger partial charge in [0.1, 0.15) is 11.4 Å². The SMILES string of the molecule is CCOC(=O)c1ccc2nc(C3CCN(C(=O)OC(C)(C)C)CC3)[nH]c2c1. The van der Waals surface area contributed by atoms with E-state index in [-0.39, 0.29) is 18.0 Å². The Morgan fingerprint density at radius 2 is 1.96 bits per heavy atom. The van der Waals surface area contributed by atoms with E-state index in [1.54, 1.807) is 24.0 Å². The van der Waals surface area contributed by atoms with Crippen molar-refractivity contribution in [2.24, 2.45) is 0 Å².